The Morgan fingerprint density at radius 3 is 1.71 bits per heavy atom. The Morgan fingerprint density at radius 2 is 1.29 bits per heavy atom. The van der Waals surface area contributed by atoms with Gasteiger partial charge in [-0.05, 0) is 63.3 Å². The third kappa shape index (κ3) is 5.99. The molecule has 0 heterocycles. The molecule has 0 atom stereocenters. The maximum Gasteiger partial charge on any atom is 0.0369 e. The molecule has 0 spiro atoms. The smallest absolute Gasteiger partial charge is 0.0369 e. The molecule has 1 aromatic rings. The summed E-state index contributed by atoms with van der Waals surface area (Å²) in [4.78, 5) is 4.67. The van der Waals surface area contributed by atoms with Crippen molar-refractivity contribution in [2.75, 3.05) is 30.4 Å². The zero-order chi connectivity index (χ0) is 16.3. The Balaban J connectivity index is 2.61. The molecule has 1 rings (SSSR count). The summed E-state index contributed by atoms with van der Waals surface area (Å²) in [6.07, 6.45) is 2.51. The van der Waals surface area contributed by atoms with E-state index in [2.05, 4.69) is 89.7 Å². The third-order valence-electron chi connectivity index (χ3n) is 4.10. The van der Waals surface area contributed by atoms with Gasteiger partial charge in [0.05, 0.1) is 0 Å². The van der Waals surface area contributed by atoms with Crippen LogP contribution in [0.4, 0.5) is 11.4 Å². The first kappa shape index (κ1) is 17.9. The Bertz CT molecular complexity index is 420. The standard InChI is InChI=1S/C19H34N2/c1-18(2,3)14-9-15-20(7)16-10-12-17(13-11-16)21(8)19(4,5)6/h10-13H,9,14-15H2,1-8H3. The summed E-state index contributed by atoms with van der Waals surface area (Å²) in [5.74, 6) is 0. The second-order valence-corrected chi connectivity index (χ2v) is 8.33. The van der Waals surface area contributed by atoms with Gasteiger partial charge in [0, 0.05) is 37.6 Å². The Labute approximate surface area is 132 Å². The molecule has 0 bridgehead atoms. The van der Waals surface area contributed by atoms with E-state index >= 15 is 0 Å². The fourth-order valence-electron chi connectivity index (χ4n) is 2.29. The molecule has 1 aromatic carbocycles. The van der Waals surface area contributed by atoms with E-state index in [9.17, 15) is 0 Å². The van der Waals surface area contributed by atoms with Crippen molar-refractivity contribution < 1.29 is 0 Å². The molecule has 0 N–H and O–H groups in total. The summed E-state index contributed by atoms with van der Waals surface area (Å²) >= 11 is 0. The van der Waals surface area contributed by atoms with Crippen LogP contribution in [0.1, 0.15) is 54.4 Å². The van der Waals surface area contributed by atoms with Crippen LogP contribution in [0.15, 0.2) is 24.3 Å². The summed E-state index contributed by atoms with van der Waals surface area (Å²) in [5, 5.41) is 0. The van der Waals surface area contributed by atoms with Crippen LogP contribution in [-0.2, 0) is 0 Å². The number of hydrogen-bond donors (Lipinski definition) is 0. The van der Waals surface area contributed by atoms with E-state index in [1.807, 2.05) is 0 Å². The van der Waals surface area contributed by atoms with E-state index in [4.69, 9.17) is 0 Å². The number of hydrogen-bond acceptors (Lipinski definition) is 2. The van der Waals surface area contributed by atoms with Gasteiger partial charge in [-0.15, -0.1) is 0 Å². The highest BCUT2D eigenvalue weighted by atomic mass is 15.2. The van der Waals surface area contributed by atoms with Crippen LogP contribution < -0.4 is 9.80 Å². The van der Waals surface area contributed by atoms with Crippen LogP contribution in [0.5, 0.6) is 0 Å². The number of anilines is 2. The van der Waals surface area contributed by atoms with Crippen LogP contribution in [-0.4, -0.2) is 26.2 Å². The van der Waals surface area contributed by atoms with E-state index < -0.39 is 0 Å². The Morgan fingerprint density at radius 1 is 0.810 bits per heavy atom. The van der Waals surface area contributed by atoms with E-state index in [1.165, 1.54) is 24.2 Å². The first-order chi connectivity index (χ1) is 9.50. The highest BCUT2D eigenvalue weighted by Crippen LogP contribution is 2.25. The summed E-state index contributed by atoms with van der Waals surface area (Å²) in [6, 6.07) is 8.91. The molecule has 0 radical (unpaired) electrons. The van der Waals surface area contributed by atoms with Gasteiger partial charge in [-0.25, -0.2) is 0 Å². The molecule has 0 fully saturated rings. The monoisotopic (exact) mass is 290 g/mol. The molecular weight excluding hydrogens is 256 g/mol. The molecule has 0 aliphatic heterocycles. The first-order valence-electron chi connectivity index (χ1n) is 8.06. The van der Waals surface area contributed by atoms with Gasteiger partial charge in [-0.2, -0.15) is 0 Å². The highest BCUT2D eigenvalue weighted by Gasteiger charge is 2.17. The SMILES string of the molecule is CN(CCCC(C)(C)C)c1ccc(N(C)C(C)(C)C)cc1. The van der Waals surface area contributed by atoms with Crippen molar-refractivity contribution in [3.8, 4) is 0 Å². The van der Waals surface area contributed by atoms with Crippen LogP contribution in [0, 0.1) is 5.41 Å². The predicted molar refractivity (Wildman–Crippen MR) is 96.6 cm³/mol. The van der Waals surface area contributed by atoms with Crippen LogP contribution in [0.25, 0.3) is 0 Å². The highest BCUT2D eigenvalue weighted by molar-refractivity contribution is 5.56. The van der Waals surface area contributed by atoms with Crippen molar-refractivity contribution in [2.45, 2.75) is 59.9 Å². The number of rotatable bonds is 5. The molecule has 0 amide bonds. The van der Waals surface area contributed by atoms with Crippen molar-refractivity contribution in [3.63, 3.8) is 0 Å². The van der Waals surface area contributed by atoms with Crippen LogP contribution in [0.2, 0.25) is 0 Å². The number of nitrogens with zero attached hydrogens (tertiary/aromatic N) is 2. The van der Waals surface area contributed by atoms with Gasteiger partial charge in [0.1, 0.15) is 0 Å². The predicted octanol–water partition coefficient (Wildman–Crippen LogP) is 5.18. The van der Waals surface area contributed by atoms with E-state index in [0.717, 1.165) is 6.54 Å². The molecule has 0 aromatic heterocycles. The van der Waals surface area contributed by atoms with Gasteiger partial charge in [0.2, 0.25) is 0 Å². The van der Waals surface area contributed by atoms with Crippen molar-refractivity contribution >= 4 is 11.4 Å². The van der Waals surface area contributed by atoms with Crippen LogP contribution >= 0.6 is 0 Å². The normalized spacial score (nSPS) is 12.4. The number of benzene rings is 1. The van der Waals surface area contributed by atoms with E-state index in [0.29, 0.717) is 5.41 Å². The fraction of sp³-hybridized carbons (Fsp3) is 0.684. The van der Waals surface area contributed by atoms with E-state index in [-0.39, 0.29) is 5.54 Å². The Kier molecular flexibility index (Phi) is 5.72. The lowest BCUT2D eigenvalue weighted by Crippen LogP contribution is -2.37. The average Bonchev–Trinajstić information content (AvgIpc) is 2.35. The maximum absolute atomic E-state index is 2.35. The zero-order valence-electron chi connectivity index (χ0n) is 15.3. The average molecular weight is 290 g/mol. The quantitative estimate of drug-likeness (QED) is 0.737. The summed E-state index contributed by atoms with van der Waals surface area (Å²) in [6.45, 7) is 14.8. The van der Waals surface area contributed by atoms with Gasteiger partial charge < -0.3 is 9.80 Å². The van der Waals surface area contributed by atoms with Crippen molar-refractivity contribution in [2.24, 2.45) is 5.41 Å². The minimum Gasteiger partial charge on any atom is -0.375 e. The van der Waals surface area contributed by atoms with Gasteiger partial charge in [-0.1, -0.05) is 20.8 Å². The molecule has 0 unspecified atom stereocenters. The molecule has 0 saturated heterocycles. The first-order valence-corrected chi connectivity index (χ1v) is 8.06. The Hall–Kier alpha value is -1.18. The van der Waals surface area contributed by atoms with Crippen molar-refractivity contribution in [1.82, 2.24) is 0 Å². The van der Waals surface area contributed by atoms with Gasteiger partial charge in [-0.3, -0.25) is 0 Å². The van der Waals surface area contributed by atoms with Gasteiger partial charge in [0.25, 0.3) is 0 Å². The molecule has 2 nitrogen and oxygen atoms in total. The molecule has 2 heteroatoms. The van der Waals surface area contributed by atoms with Gasteiger partial charge >= 0.3 is 0 Å². The van der Waals surface area contributed by atoms with Crippen molar-refractivity contribution in [3.05, 3.63) is 24.3 Å². The molecule has 0 aliphatic carbocycles. The topological polar surface area (TPSA) is 6.48 Å². The molecule has 120 valence electrons. The largest absolute Gasteiger partial charge is 0.375 e. The lowest BCUT2D eigenvalue weighted by atomic mass is 9.90. The molecule has 0 aliphatic rings. The minimum absolute atomic E-state index is 0.153. The lowest BCUT2D eigenvalue weighted by Gasteiger charge is -2.34. The zero-order valence-corrected chi connectivity index (χ0v) is 15.3. The third-order valence-corrected chi connectivity index (χ3v) is 4.10. The van der Waals surface area contributed by atoms with Crippen LogP contribution in [0.3, 0.4) is 0 Å². The molecular formula is C19H34N2. The van der Waals surface area contributed by atoms with Crippen molar-refractivity contribution in [1.29, 1.82) is 0 Å². The molecule has 0 saturated carbocycles. The summed E-state index contributed by atoms with van der Waals surface area (Å²) in [5.41, 5.74) is 3.16. The second-order valence-electron chi connectivity index (χ2n) is 8.33. The lowest BCUT2D eigenvalue weighted by molar-refractivity contribution is 0.367. The van der Waals surface area contributed by atoms with Gasteiger partial charge in [0.15, 0.2) is 0 Å². The maximum atomic E-state index is 2.35. The second kappa shape index (κ2) is 6.72. The molecule has 21 heavy (non-hydrogen) atoms. The summed E-state index contributed by atoms with van der Waals surface area (Å²) in [7, 11) is 4.34. The summed E-state index contributed by atoms with van der Waals surface area (Å²) < 4.78 is 0. The fourth-order valence-corrected chi connectivity index (χ4v) is 2.29. The minimum atomic E-state index is 0.153. The van der Waals surface area contributed by atoms with E-state index in [1.54, 1.807) is 0 Å².